The van der Waals surface area contributed by atoms with Gasteiger partial charge < -0.3 is 4.90 Å². The topological polar surface area (TPSA) is 20.3 Å². The first-order valence-electron chi connectivity index (χ1n) is 6.65. The summed E-state index contributed by atoms with van der Waals surface area (Å²) in [4.78, 5) is 14.9. The molecule has 0 saturated carbocycles. The van der Waals surface area contributed by atoms with E-state index in [0.717, 1.165) is 10.9 Å². The van der Waals surface area contributed by atoms with E-state index in [1.165, 1.54) is 21.6 Å². The van der Waals surface area contributed by atoms with E-state index >= 15 is 0 Å². The lowest BCUT2D eigenvalue weighted by atomic mass is 9.86. The van der Waals surface area contributed by atoms with Gasteiger partial charge in [-0.15, -0.1) is 11.3 Å². The summed E-state index contributed by atoms with van der Waals surface area (Å²) in [6, 6.07) is 10.4. The van der Waals surface area contributed by atoms with Gasteiger partial charge in [0.1, 0.15) is 0 Å². The molecule has 0 fully saturated rings. The molecular formula is C16H16ClNOS. The van der Waals surface area contributed by atoms with Crippen LogP contribution in [0.4, 0.5) is 0 Å². The average molecular weight is 306 g/mol. The van der Waals surface area contributed by atoms with Gasteiger partial charge in [-0.1, -0.05) is 35.9 Å². The minimum atomic E-state index is 0.124. The van der Waals surface area contributed by atoms with Crippen LogP contribution >= 0.6 is 22.9 Å². The van der Waals surface area contributed by atoms with Crippen molar-refractivity contribution in [3.63, 3.8) is 0 Å². The second-order valence-electron chi connectivity index (χ2n) is 5.24. The molecule has 0 spiro atoms. The predicted octanol–water partition coefficient (Wildman–Crippen LogP) is 4.20. The fourth-order valence-corrected chi connectivity index (χ4v) is 4.23. The van der Waals surface area contributed by atoms with Crippen molar-refractivity contribution < 1.29 is 4.79 Å². The summed E-state index contributed by atoms with van der Waals surface area (Å²) in [7, 11) is 0. The van der Waals surface area contributed by atoms with Crippen molar-refractivity contribution in [1.82, 2.24) is 4.90 Å². The number of thiophene rings is 1. The molecule has 2 heterocycles. The Balaban J connectivity index is 2.09. The second kappa shape index (κ2) is 5.23. The zero-order chi connectivity index (χ0) is 14.3. The molecule has 4 heteroatoms. The lowest BCUT2D eigenvalue weighted by Crippen LogP contribution is -2.36. The molecule has 0 radical (unpaired) electrons. The van der Waals surface area contributed by atoms with Crippen molar-refractivity contribution in [2.45, 2.75) is 26.3 Å². The van der Waals surface area contributed by atoms with Gasteiger partial charge >= 0.3 is 0 Å². The van der Waals surface area contributed by atoms with Crippen LogP contribution in [0.15, 0.2) is 30.3 Å². The summed E-state index contributed by atoms with van der Waals surface area (Å²) in [5, 5.41) is 0. The van der Waals surface area contributed by atoms with E-state index < -0.39 is 0 Å². The Morgan fingerprint density at radius 1 is 1.35 bits per heavy atom. The Morgan fingerprint density at radius 2 is 2.10 bits per heavy atom. The molecule has 0 saturated heterocycles. The molecule has 1 amide bonds. The summed E-state index contributed by atoms with van der Waals surface area (Å²) in [5.74, 6) is 0.353. The maximum absolute atomic E-state index is 11.8. The van der Waals surface area contributed by atoms with Crippen LogP contribution in [-0.2, 0) is 11.3 Å². The highest BCUT2D eigenvalue weighted by Gasteiger charge is 2.30. The summed E-state index contributed by atoms with van der Waals surface area (Å²) in [6.45, 7) is 5.18. The maximum atomic E-state index is 11.8. The van der Waals surface area contributed by atoms with Crippen LogP contribution in [0.2, 0.25) is 4.34 Å². The third kappa shape index (κ3) is 2.36. The molecule has 1 aromatic carbocycles. The van der Waals surface area contributed by atoms with E-state index in [0.29, 0.717) is 6.54 Å². The van der Waals surface area contributed by atoms with E-state index in [1.807, 2.05) is 11.0 Å². The Labute approximate surface area is 128 Å². The SMILES string of the molecule is CC(=O)N1Cc2sc(Cl)cc2[C@@H](c2ccccc2C)C1. The van der Waals surface area contributed by atoms with Gasteiger partial charge in [0.25, 0.3) is 0 Å². The standard InChI is InChI=1S/C16H16ClNOS/c1-10-5-3-4-6-12(10)14-8-18(11(2)19)9-15-13(14)7-16(17)20-15/h3-7,14H,8-9H2,1-2H3/t14-/m1/s1. The van der Waals surface area contributed by atoms with E-state index in [4.69, 9.17) is 11.6 Å². The van der Waals surface area contributed by atoms with Gasteiger partial charge in [0.15, 0.2) is 0 Å². The molecule has 2 aromatic rings. The van der Waals surface area contributed by atoms with Crippen LogP contribution in [0.25, 0.3) is 0 Å². The number of halogens is 1. The van der Waals surface area contributed by atoms with Crippen molar-refractivity contribution in [3.8, 4) is 0 Å². The van der Waals surface area contributed by atoms with Crippen molar-refractivity contribution in [2.75, 3.05) is 6.54 Å². The van der Waals surface area contributed by atoms with Crippen molar-refractivity contribution in [3.05, 3.63) is 56.2 Å². The van der Waals surface area contributed by atoms with Crippen LogP contribution < -0.4 is 0 Å². The fraction of sp³-hybridized carbons (Fsp3) is 0.312. The Kier molecular flexibility index (Phi) is 3.57. The van der Waals surface area contributed by atoms with Crippen LogP contribution in [-0.4, -0.2) is 17.4 Å². The smallest absolute Gasteiger partial charge is 0.219 e. The monoisotopic (exact) mass is 305 g/mol. The zero-order valence-electron chi connectivity index (χ0n) is 11.5. The lowest BCUT2D eigenvalue weighted by Gasteiger charge is -2.33. The zero-order valence-corrected chi connectivity index (χ0v) is 13.1. The summed E-state index contributed by atoms with van der Waals surface area (Å²) in [6.07, 6.45) is 0. The van der Waals surface area contributed by atoms with Gasteiger partial charge in [0, 0.05) is 24.3 Å². The fourth-order valence-electron chi connectivity index (χ4n) is 2.87. The van der Waals surface area contributed by atoms with Crippen LogP contribution in [0.3, 0.4) is 0 Å². The van der Waals surface area contributed by atoms with Crippen LogP contribution in [0.1, 0.15) is 34.4 Å². The van der Waals surface area contributed by atoms with E-state index in [-0.39, 0.29) is 11.8 Å². The van der Waals surface area contributed by atoms with Crippen molar-refractivity contribution in [2.24, 2.45) is 0 Å². The van der Waals surface area contributed by atoms with Gasteiger partial charge in [-0.05, 0) is 29.7 Å². The number of amides is 1. The highest BCUT2D eigenvalue weighted by molar-refractivity contribution is 7.16. The van der Waals surface area contributed by atoms with Gasteiger partial charge in [-0.2, -0.15) is 0 Å². The summed E-state index contributed by atoms with van der Waals surface area (Å²) >= 11 is 7.77. The van der Waals surface area contributed by atoms with Gasteiger partial charge in [-0.3, -0.25) is 4.79 Å². The molecule has 1 aliphatic heterocycles. The first-order valence-corrected chi connectivity index (χ1v) is 7.85. The molecule has 0 aliphatic carbocycles. The molecule has 1 aliphatic rings. The number of fused-ring (bicyclic) bond motifs is 1. The van der Waals surface area contributed by atoms with E-state index in [2.05, 4.69) is 31.2 Å². The molecule has 3 rings (SSSR count). The summed E-state index contributed by atoms with van der Waals surface area (Å²) < 4.78 is 0.805. The number of hydrogen-bond donors (Lipinski definition) is 0. The molecular weight excluding hydrogens is 290 g/mol. The minimum absolute atomic E-state index is 0.124. The Morgan fingerprint density at radius 3 is 2.80 bits per heavy atom. The van der Waals surface area contributed by atoms with E-state index in [9.17, 15) is 4.79 Å². The molecule has 0 unspecified atom stereocenters. The summed E-state index contributed by atoms with van der Waals surface area (Å²) in [5.41, 5.74) is 3.83. The number of carbonyl (C=O) groups is 1. The molecule has 2 nitrogen and oxygen atoms in total. The number of rotatable bonds is 1. The van der Waals surface area contributed by atoms with Crippen LogP contribution in [0, 0.1) is 6.92 Å². The average Bonchev–Trinajstić information content (AvgIpc) is 2.78. The molecule has 1 aromatic heterocycles. The number of hydrogen-bond acceptors (Lipinski definition) is 2. The third-order valence-corrected chi connectivity index (χ3v) is 5.20. The van der Waals surface area contributed by atoms with Gasteiger partial charge in [0.2, 0.25) is 5.91 Å². The number of nitrogens with zero attached hydrogens (tertiary/aromatic N) is 1. The molecule has 1 atom stereocenters. The highest BCUT2D eigenvalue weighted by Crippen LogP contribution is 2.40. The van der Waals surface area contributed by atoms with Crippen molar-refractivity contribution >= 4 is 28.8 Å². The Bertz CT molecular complexity index is 664. The predicted molar refractivity (Wildman–Crippen MR) is 83.4 cm³/mol. The van der Waals surface area contributed by atoms with Crippen LogP contribution in [0.5, 0.6) is 0 Å². The number of benzene rings is 1. The highest BCUT2D eigenvalue weighted by atomic mass is 35.5. The quantitative estimate of drug-likeness (QED) is 0.773. The lowest BCUT2D eigenvalue weighted by molar-refractivity contribution is -0.129. The van der Waals surface area contributed by atoms with Gasteiger partial charge in [-0.25, -0.2) is 0 Å². The Hall–Kier alpha value is -1.32. The molecule has 0 bridgehead atoms. The normalized spacial score (nSPS) is 17.9. The number of carbonyl (C=O) groups excluding carboxylic acids is 1. The molecule has 0 N–H and O–H groups in total. The molecule has 104 valence electrons. The number of aryl methyl sites for hydroxylation is 1. The molecule has 20 heavy (non-hydrogen) atoms. The van der Waals surface area contributed by atoms with Gasteiger partial charge in [0.05, 0.1) is 10.9 Å². The van der Waals surface area contributed by atoms with Crippen molar-refractivity contribution in [1.29, 1.82) is 0 Å². The minimum Gasteiger partial charge on any atom is -0.337 e. The maximum Gasteiger partial charge on any atom is 0.219 e. The first-order chi connectivity index (χ1) is 9.56. The third-order valence-electron chi connectivity index (χ3n) is 3.93. The largest absolute Gasteiger partial charge is 0.337 e. The first kappa shape index (κ1) is 13.7. The second-order valence-corrected chi connectivity index (χ2v) is 7.01. The van der Waals surface area contributed by atoms with E-state index in [1.54, 1.807) is 18.3 Å².